The summed E-state index contributed by atoms with van der Waals surface area (Å²) in [6.07, 6.45) is -2.95. The van der Waals surface area contributed by atoms with E-state index in [0.717, 1.165) is 18.2 Å². The molecule has 96 valence electrons. The first-order valence-electron chi connectivity index (χ1n) is 4.81. The lowest BCUT2D eigenvalue weighted by molar-refractivity contribution is 0.106. The van der Waals surface area contributed by atoms with Gasteiger partial charge in [0.1, 0.15) is 11.6 Å². The van der Waals surface area contributed by atoms with Crippen molar-refractivity contribution in [1.29, 1.82) is 0 Å². The SMILES string of the molecule is NC(c1noc(C(F)F)n1)c1cc(F)ccc1F. The molecule has 2 aromatic rings. The maximum atomic E-state index is 13.4. The molecular weight excluding hydrogens is 254 g/mol. The molecular formula is C10H7F4N3O. The molecule has 1 heterocycles. The van der Waals surface area contributed by atoms with Gasteiger partial charge in [-0.15, -0.1) is 0 Å². The van der Waals surface area contributed by atoms with E-state index in [1.165, 1.54) is 0 Å². The molecule has 0 amide bonds. The Morgan fingerprint density at radius 3 is 2.56 bits per heavy atom. The lowest BCUT2D eigenvalue weighted by Crippen LogP contribution is -2.15. The van der Waals surface area contributed by atoms with Crippen molar-refractivity contribution in [3.63, 3.8) is 0 Å². The van der Waals surface area contributed by atoms with Crippen molar-refractivity contribution in [3.8, 4) is 0 Å². The van der Waals surface area contributed by atoms with Gasteiger partial charge in [0.05, 0.1) is 6.04 Å². The zero-order valence-corrected chi connectivity index (χ0v) is 8.78. The minimum Gasteiger partial charge on any atom is -0.333 e. The summed E-state index contributed by atoms with van der Waals surface area (Å²) in [5, 5.41) is 3.20. The third-order valence-electron chi connectivity index (χ3n) is 2.22. The highest BCUT2D eigenvalue weighted by atomic mass is 19.3. The predicted molar refractivity (Wildman–Crippen MR) is 51.6 cm³/mol. The van der Waals surface area contributed by atoms with Crippen LogP contribution >= 0.6 is 0 Å². The molecule has 0 saturated carbocycles. The van der Waals surface area contributed by atoms with Crippen molar-refractivity contribution in [2.45, 2.75) is 12.5 Å². The van der Waals surface area contributed by atoms with Crippen LogP contribution in [-0.2, 0) is 0 Å². The Morgan fingerprint density at radius 1 is 1.22 bits per heavy atom. The van der Waals surface area contributed by atoms with Gasteiger partial charge in [0.2, 0.25) is 0 Å². The van der Waals surface area contributed by atoms with Crippen LogP contribution in [0.5, 0.6) is 0 Å². The van der Waals surface area contributed by atoms with Crippen LogP contribution in [0.15, 0.2) is 22.7 Å². The number of aromatic nitrogens is 2. The number of alkyl halides is 2. The Hall–Kier alpha value is -1.96. The number of nitrogens with two attached hydrogens (primary N) is 1. The third-order valence-corrected chi connectivity index (χ3v) is 2.22. The van der Waals surface area contributed by atoms with Gasteiger partial charge in [0, 0.05) is 5.56 Å². The van der Waals surface area contributed by atoms with Crippen molar-refractivity contribution in [2.75, 3.05) is 0 Å². The third kappa shape index (κ3) is 2.33. The van der Waals surface area contributed by atoms with E-state index in [1.807, 2.05) is 0 Å². The van der Waals surface area contributed by atoms with Crippen LogP contribution < -0.4 is 5.73 Å². The Morgan fingerprint density at radius 2 is 1.94 bits per heavy atom. The van der Waals surface area contributed by atoms with Crippen LogP contribution in [0, 0.1) is 11.6 Å². The summed E-state index contributed by atoms with van der Waals surface area (Å²) in [5.41, 5.74) is 5.32. The summed E-state index contributed by atoms with van der Waals surface area (Å²) in [6.45, 7) is 0. The number of hydrogen-bond acceptors (Lipinski definition) is 4. The molecule has 1 aromatic carbocycles. The van der Waals surface area contributed by atoms with Gasteiger partial charge in [-0.25, -0.2) is 8.78 Å². The average molecular weight is 261 g/mol. The Labute approximate surface area is 98.4 Å². The molecule has 18 heavy (non-hydrogen) atoms. The summed E-state index contributed by atoms with van der Waals surface area (Å²) in [5.74, 6) is -2.75. The predicted octanol–water partition coefficient (Wildman–Crippen LogP) is 2.33. The van der Waals surface area contributed by atoms with E-state index in [9.17, 15) is 17.6 Å². The van der Waals surface area contributed by atoms with Crippen molar-refractivity contribution in [1.82, 2.24) is 10.1 Å². The molecule has 0 aliphatic rings. The largest absolute Gasteiger partial charge is 0.333 e. The molecule has 2 rings (SSSR count). The quantitative estimate of drug-likeness (QED) is 0.861. The summed E-state index contributed by atoms with van der Waals surface area (Å²) in [4.78, 5) is 3.31. The van der Waals surface area contributed by atoms with Crippen LogP contribution in [0.4, 0.5) is 17.6 Å². The minimum absolute atomic E-state index is 0.239. The van der Waals surface area contributed by atoms with Crippen LogP contribution in [0.3, 0.4) is 0 Å². The van der Waals surface area contributed by atoms with Gasteiger partial charge < -0.3 is 10.3 Å². The van der Waals surface area contributed by atoms with Crippen LogP contribution in [0.2, 0.25) is 0 Å². The fraction of sp³-hybridized carbons (Fsp3) is 0.200. The summed E-state index contributed by atoms with van der Waals surface area (Å²) in [6, 6.07) is 1.35. The highest BCUT2D eigenvalue weighted by Crippen LogP contribution is 2.23. The molecule has 0 fully saturated rings. The first-order chi connectivity index (χ1) is 8.49. The number of benzene rings is 1. The van der Waals surface area contributed by atoms with E-state index in [2.05, 4.69) is 14.7 Å². The smallest absolute Gasteiger partial charge is 0.315 e. The highest BCUT2D eigenvalue weighted by molar-refractivity contribution is 5.26. The first kappa shape index (κ1) is 12.5. The van der Waals surface area contributed by atoms with Crippen LogP contribution in [0.25, 0.3) is 0 Å². The monoisotopic (exact) mass is 261 g/mol. The molecule has 1 aromatic heterocycles. The van der Waals surface area contributed by atoms with E-state index < -0.39 is 30.0 Å². The number of hydrogen-bond donors (Lipinski definition) is 1. The maximum Gasteiger partial charge on any atom is 0.315 e. The number of halogens is 4. The molecule has 4 nitrogen and oxygen atoms in total. The number of nitrogens with zero attached hydrogens (tertiary/aromatic N) is 2. The number of rotatable bonds is 3. The second-order valence-electron chi connectivity index (χ2n) is 3.44. The Kier molecular flexibility index (Phi) is 3.28. The van der Waals surface area contributed by atoms with Crippen molar-refractivity contribution < 1.29 is 22.1 Å². The van der Waals surface area contributed by atoms with Crippen molar-refractivity contribution >= 4 is 0 Å². The van der Waals surface area contributed by atoms with E-state index in [-0.39, 0.29) is 11.4 Å². The van der Waals surface area contributed by atoms with E-state index in [0.29, 0.717) is 0 Å². The zero-order chi connectivity index (χ0) is 13.3. The van der Waals surface area contributed by atoms with Crippen molar-refractivity contribution in [2.24, 2.45) is 5.73 Å². The first-order valence-corrected chi connectivity index (χ1v) is 4.81. The zero-order valence-electron chi connectivity index (χ0n) is 8.78. The van der Waals surface area contributed by atoms with E-state index >= 15 is 0 Å². The molecule has 0 aliphatic carbocycles. The molecule has 0 radical (unpaired) electrons. The normalized spacial score (nSPS) is 13.0. The fourth-order valence-corrected chi connectivity index (χ4v) is 1.35. The molecule has 1 atom stereocenters. The average Bonchev–Trinajstić information content (AvgIpc) is 2.81. The van der Waals surface area contributed by atoms with Gasteiger partial charge in [0.15, 0.2) is 5.82 Å². The van der Waals surface area contributed by atoms with Gasteiger partial charge in [0.25, 0.3) is 5.89 Å². The van der Waals surface area contributed by atoms with Gasteiger partial charge >= 0.3 is 6.43 Å². The molecule has 0 aliphatic heterocycles. The molecule has 0 spiro atoms. The Bertz CT molecular complexity index is 558. The van der Waals surface area contributed by atoms with Crippen LogP contribution in [-0.4, -0.2) is 10.1 Å². The topological polar surface area (TPSA) is 64.9 Å². The Balaban J connectivity index is 2.34. The molecule has 0 bridgehead atoms. The second-order valence-corrected chi connectivity index (χ2v) is 3.44. The van der Waals surface area contributed by atoms with Gasteiger partial charge in [-0.1, -0.05) is 5.16 Å². The summed E-state index contributed by atoms with van der Waals surface area (Å²) in [7, 11) is 0. The van der Waals surface area contributed by atoms with Gasteiger partial charge in [-0.05, 0) is 18.2 Å². The minimum atomic E-state index is -2.95. The van der Waals surface area contributed by atoms with Crippen molar-refractivity contribution in [3.05, 3.63) is 47.1 Å². The van der Waals surface area contributed by atoms with Gasteiger partial charge in [-0.3, -0.25) is 0 Å². The molecule has 1 unspecified atom stereocenters. The van der Waals surface area contributed by atoms with E-state index in [4.69, 9.17) is 5.73 Å². The molecule has 8 heteroatoms. The second kappa shape index (κ2) is 4.73. The summed E-state index contributed by atoms with van der Waals surface area (Å²) >= 11 is 0. The van der Waals surface area contributed by atoms with E-state index in [1.54, 1.807) is 0 Å². The molecule has 2 N–H and O–H groups in total. The lowest BCUT2D eigenvalue weighted by atomic mass is 10.1. The summed E-state index contributed by atoms with van der Waals surface area (Å²) < 4.78 is 55.0. The maximum absolute atomic E-state index is 13.4. The van der Waals surface area contributed by atoms with Crippen LogP contribution in [0.1, 0.15) is 29.7 Å². The standard InChI is InChI=1S/C10H7F4N3O/c11-4-1-2-6(12)5(3-4)7(15)9-16-10(8(13)14)18-17-9/h1-3,7-8H,15H2. The molecule has 0 saturated heterocycles. The van der Waals surface area contributed by atoms with Gasteiger partial charge in [-0.2, -0.15) is 13.8 Å². The highest BCUT2D eigenvalue weighted by Gasteiger charge is 2.23. The lowest BCUT2D eigenvalue weighted by Gasteiger charge is -2.08. The fourth-order valence-electron chi connectivity index (χ4n) is 1.35.